The van der Waals surface area contributed by atoms with Crippen LogP contribution in [0.15, 0.2) is 0 Å². The number of carbonyl (C=O) groups is 6. The number of nitrogens with one attached hydrogen (secondary N) is 5. The summed E-state index contributed by atoms with van der Waals surface area (Å²) in [6.07, 6.45) is 0.646. The summed E-state index contributed by atoms with van der Waals surface area (Å²) in [6, 6.07) is 0. The first-order valence-electron chi connectivity index (χ1n) is 12.6. The van der Waals surface area contributed by atoms with Gasteiger partial charge in [-0.15, -0.1) is 34.8 Å². The molecule has 0 aliphatic heterocycles. The van der Waals surface area contributed by atoms with Gasteiger partial charge in [-0.25, -0.2) is 0 Å². The number of hydrogen-bond donors (Lipinski definition) is 6. The van der Waals surface area contributed by atoms with Crippen molar-refractivity contribution in [2.24, 2.45) is 5.73 Å². The van der Waals surface area contributed by atoms with Gasteiger partial charge in [0.25, 0.3) is 0 Å². The van der Waals surface area contributed by atoms with Crippen molar-refractivity contribution in [2.75, 3.05) is 50.4 Å². The first-order valence-corrected chi connectivity index (χ1v) is 14.2. The van der Waals surface area contributed by atoms with Gasteiger partial charge in [-0.3, -0.25) is 33.7 Å². The monoisotopic (exact) mass is 629 g/mol. The lowest BCUT2D eigenvalue weighted by molar-refractivity contribution is -0.131. The molecule has 0 fully saturated rings. The predicted octanol–water partition coefficient (Wildman–Crippen LogP) is -0.833. The Hall–Kier alpha value is -2.35. The fourth-order valence-corrected chi connectivity index (χ4v) is 3.75. The molecule has 0 bridgehead atoms. The molecule has 0 saturated carbocycles. The lowest BCUT2D eigenvalue weighted by atomic mass is 9.94. The van der Waals surface area contributed by atoms with Crippen LogP contribution in [0.3, 0.4) is 0 Å². The van der Waals surface area contributed by atoms with Crippen molar-refractivity contribution in [3.63, 3.8) is 0 Å². The average Bonchev–Trinajstić information content (AvgIpc) is 2.87. The van der Waals surface area contributed by atoms with Gasteiger partial charge in [0.15, 0.2) is 0 Å². The number of hydrogen-bond acceptors (Lipinski definition) is 7. The van der Waals surface area contributed by atoms with Crippen LogP contribution in [0.1, 0.15) is 47.5 Å². The number of halogens is 3. The summed E-state index contributed by atoms with van der Waals surface area (Å²) < 4.78 is 0. The Bertz CT molecular complexity index is 871. The molecule has 0 aromatic heterocycles. The van der Waals surface area contributed by atoms with Crippen LogP contribution in [0.5, 0.6) is 0 Å². The Labute approximate surface area is 250 Å². The van der Waals surface area contributed by atoms with Gasteiger partial charge in [0.05, 0.1) is 0 Å². The van der Waals surface area contributed by atoms with Gasteiger partial charge in [-0.1, -0.05) is 0 Å². The Balaban J connectivity index is 5.27. The zero-order chi connectivity index (χ0) is 31.1. The predicted molar refractivity (Wildman–Crippen MR) is 154 cm³/mol. The molecular formula is C24H42Cl3N7O6. The van der Waals surface area contributed by atoms with E-state index >= 15 is 0 Å². The van der Waals surface area contributed by atoms with E-state index in [0.717, 1.165) is 0 Å². The van der Waals surface area contributed by atoms with E-state index in [4.69, 9.17) is 40.5 Å². The van der Waals surface area contributed by atoms with Crippen molar-refractivity contribution in [1.29, 1.82) is 0 Å². The summed E-state index contributed by atoms with van der Waals surface area (Å²) in [4.78, 5) is 74.1. The lowest BCUT2D eigenvalue weighted by Gasteiger charge is -2.30. The number of amides is 6. The first-order chi connectivity index (χ1) is 18.4. The third-order valence-corrected chi connectivity index (χ3v) is 6.67. The third-order valence-electron chi connectivity index (χ3n) is 5.94. The molecule has 0 rings (SSSR count). The minimum Gasteiger partial charge on any atom is -0.368 e. The van der Waals surface area contributed by atoms with Gasteiger partial charge in [0.1, 0.15) is 34.3 Å². The highest BCUT2D eigenvalue weighted by Gasteiger charge is 2.33. The second-order valence-corrected chi connectivity index (χ2v) is 11.3. The molecular weight excluding hydrogens is 589 g/mol. The second kappa shape index (κ2) is 17.5. The molecule has 7 N–H and O–H groups in total. The summed E-state index contributed by atoms with van der Waals surface area (Å²) in [6.45, 7) is 9.25. The van der Waals surface area contributed by atoms with E-state index in [0.29, 0.717) is 26.1 Å². The van der Waals surface area contributed by atoms with Gasteiger partial charge in [-0.05, 0) is 54.0 Å². The van der Waals surface area contributed by atoms with Crippen LogP contribution in [0, 0.1) is 0 Å². The van der Waals surface area contributed by atoms with Gasteiger partial charge in [0, 0.05) is 26.2 Å². The van der Waals surface area contributed by atoms with Crippen LogP contribution < -0.4 is 32.3 Å². The smallest absolute Gasteiger partial charge is 0.245 e. The minimum atomic E-state index is -1.31. The van der Waals surface area contributed by atoms with Crippen LogP contribution in [0.2, 0.25) is 0 Å². The number of primary amides is 1. The topological polar surface area (TPSA) is 192 Å². The molecule has 0 aliphatic carbocycles. The lowest BCUT2D eigenvalue weighted by Crippen LogP contribution is -2.57. The summed E-state index contributed by atoms with van der Waals surface area (Å²) in [5.41, 5.74) is 1.82. The zero-order valence-corrected chi connectivity index (χ0v) is 25.9. The second-order valence-electron chi connectivity index (χ2n) is 10.4. The van der Waals surface area contributed by atoms with E-state index in [-0.39, 0.29) is 37.2 Å². The van der Waals surface area contributed by atoms with E-state index in [1.807, 2.05) is 4.90 Å². The SMILES string of the molecule is CC(C)(NC(=O)CCl)C(=O)NCCN(CCCC(C)(NC(=O)CCl)C(N)=O)CCNC(=O)C(C)(C)NC(=O)CCl. The number of nitrogens with zero attached hydrogens (tertiary/aromatic N) is 1. The summed E-state index contributed by atoms with van der Waals surface area (Å²) in [5, 5.41) is 13.1. The molecule has 0 aliphatic rings. The van der Waals surface area contributed by atoms with Crippen LogP contribution in [-0.4, -0.2) is 107 Å². The molecule has 0 spiro atoms. The van der Waals surface area contributed by atoms with E-state index in [1.54, 1.807) is 27.7 Å². The van der Waals surface area contributed by atoms with Crippen molar-refractivity contribution in [3.05, 3.63) is 0 Å². The third kappa shape index (κ3) is 13.8. The number of alkyl halides is 3. The average molecular weight is 631 g/mol. The highest BCUT2D eigenvalue weighted by molar-refractivity contribution is 6.28. The maximum absolute atomic E-state index is 12.6. The number of rotatable bonds is 19. The Morgan fingerprint density at radius 2 is 1.02 bits per heavy atom. The number of carbonyl (C=O) groups excluding carboxylic acids is 6. The molecule has 0 radical (unpaired) electrons. The molecule has 1 atom stereocenters. The van der Waals surface area contributed by atoms with Crippen molar-refractivity contribution in [2.45, 2.75) is 64.1 Å². The Kier molecular flexibility index (Phi) is 16.4. The highest BCUT2D eigenvalue weighted by Crippen LogP contribution is 2.13. The zero-order valence-electron chi connectivity index (χ0n) is 23.7. The normalized spacial score (nSPS) is 13.1. The molecule has 40 heavy (non-hydrogen) atoms. The van der Waals surface area contributed by atoms with Crippen LogP contribution in [0.4, 0.5) is 0 Å². The number of nitrogens with two attached hydrogens (primary N) is 1. The Morgan fingerprint density at radius 1 is 0.650 bits per heavy atom. The van der Waals surface area contributed by atoms with Crippen LogP contribution in [-0.2, 0) is 28.8 Å². The van der Waals surface area contributed by atoms with Gasteiger partial charge in [-0.2, -0.15) is 0 Å². The fourth-order valence-electron chi connectivity index (χ4n) is 3.55. The molecule has 1 unspecified atom stereocenters. The molecule has 0 heterocycles. The van der Waals surface area contributed by atoms with Crippen LogP contribution >= 0.6 is 34.8 Å². The molecule has 0 aromatic rings. The van der Waals surface area contributed by atoms with Gasteiger partial charge < -0.3 is 32.3 Å². The van der Waals surface area contributed by atoms with E-state index < -0.39 is 52.1 Å². The summed E-state index contributed by atoms with van der Waals surface area (Å²) in [7, 11) is 0. The van der Waals surface area contributed by atoms with Crippen LogP contribution in [0.25, 0.3) is 0 Å². The molecule has 13 nitrogen and oxygen atoms in total. The van der Waals surface area contributed by atoms with Gasteiger partial charge in [0.2, 0.25) is 35.4 Å². The molecule has 230 valence electrons. The molecule has 6 amide bonds. The van der Waals surface area contributed by atoms with E-state index in [1.165, 1.54) is 6.92 Å². The van der Waals surface area contributed by atoms with Gasteiger partial charge >= 0.3 is 0 Å². The molecule has 0 aromatic carbocycles. The van der Waals surface area contributed by atoms with E-state index in [9.17, 15) is 28.8 Å². The molecule has 0 saturated heterocycles. The fraction of sp³-hybridized carbons (Fsp3) is 0.750. The Morgan fingerprint density at radius 3 is 1.38 bits per heavy atom. The van der Waals surface area contributed by atoms with Crippen molar-refractivity contribution < 1.29 is 28.8 Å². The standard InChI is InChI=1S/C24H42Cl3N7O6/c1-22(2,31-16(35)13-25)20(39)29-8-11-34(10-6-7-24(5,19(28)38)33-18(37)15-27)12-9-30-21(40)23(3,4)32-17(36)14-26/h6-15H2,1-5H3,(H2,28,38)(H,29,39)(H,30,40)(H,31,35)(H,32,36)(H,33,37). The minimum absolute atomic E-state index is 0.209. The largest absolute Gasteiger partial charge is 0.368 e. The first kappa shape index (κ1) is 37.6. The maximum atomic E-state index is 12.6. The molecule has 16 heteroatoms. The summed E-state index contributed by atoms with van der Waals surface area (Å²) >= 11 is 16.6. The van der Waals surface area contributed by atoms with E-state index in [2.05, 4.69) is 26.6 Å². The summed E-state index contributed by atoms with van der Waals surface area (Å²) in [5.74, 6) is -3.92. The van der Waals surface area contributed by atoms with Crippen molar-refractivity contribution in [1.82, 2.24) is 31.5 Å². The van der Waals surface area contributed by atoms with Crippen molar-refractivity contribution >= 4 is 70.2 Å². The van der Waals surface area contributed by atoms with Crippen molar-refractivity contribution in [3.8, 4) is 0 Å². The highest BCUT2D eigenvalue weighted by atomic mass is 35.5. The maximum Gasteiger partial charge on any atom is 0.245 e. The quantitative estimate of drug-likeness (QED) is 0.100.